The lowest BCUT2D eigenvalue weighted by Crippen LogP contribution is -2.70. The fourth-order valence-electron chi connectivity index (χ4n) is 6.98. The van der Waals surface area contributed by atoms with Crippen LogP contribution in [0.4, 0.5) is 0 Å². The number of hydrogen-bond acceptors (Lipinski definition) is 7. The van der Waals surface area contributed by atoms with Gasteiger partial charge < -0.3 is 24.4 Å². The van der Waals surface area contributed by atoms with Gasteiger partial charge in [0.05, 0.1) is 18.9 Å². The first-order chi connectivity index (χ1) is 9.44. The van der Waals surface area contributed by atoms with Crippen LogP contribution >= 0.6 is 0 Å². The molecule has 7 heteroatoms. The summed E-state index contributed by atoms with van der Waals surface area (Å²) in [7, 11) is 1.29. The van der Waals surface area contributed by atoms with E-state index in [9.17, 15) is 19.8 Å². The number of fused-ring (bicyclic) bond motifs is 1. The van der Waals surface area contributed by atoms with E-state index in [1.807, 2.05) is 0 Å². The van der Waals surface area contributed by atoms with E-state index in [0.717, 1.165) is 0 Å². The van der Waals surface area contributed by atoms with Crippen LogP contribution in [0.3, 0.4) is 0 Å². The van der Waals surface area contributed by atoms with Gasteiger partial charge in [-0.25, -0.2) is 0 Å². The fourth-order valence-corrected chi connectivity index (χ4v) is 6.98. The van der Waals surface area contributed by atoms with Crippen LogP contribution in [0.5, 0.6) is 0 Å². The minimum atomic E-state index is -1.56. The third-order valence-corrected chi connectivity index (χ3v) is 7.03. The molecule has 0 radical (unpaired) electrons. The van der Waals surface area contributed by atoms with Crippen LogP contribution in [0, 0.1) is 40.9 Å². The van der Waals surface area contributed by atoms with Gasteiger partial charge in [0.2, 0.25) is 0 Å². The Kier molecular flexibility index (Phi) is 1.21. The maximum atomic E-state index is 12.4. The summed E-state index contributed by atoms with van der Waals surface area (Å²) in [6, 6.07) is 0. The average Bonchev–Trinajstić information content (AvgIpc) is 2.77. The number of hydrogen-bond donors (Lipinski definition) is 2. The predicted molar refractivity (Wildman–Crippen MR) is 56.3 cm³/mol. The summed E-state index contributed by atoms with van der Waals surface area (Å²) < 4.78 is 15.9. The van der Waals surface area contributed by atoms with Crippen molar-refractivity contribution in [2.75, 3.05) is 7.11 Å². The molecule has 7 fully saturated rings. The summed E-state index contributed by atoms with van der Waals surface area (Å²) in [5.74, 6) is -6.63. The van der Waals surface area contributed by atoms with E-state index in [1.54, 1.807) is 0 Å². The zero-order chi connectivity index (χ0) is 13.8. The first-order valence-corrected chi connectivity index (χ1v) is 6.88. The van der Waals surface area contributed by atoms with Crippen LogP contribution in [0.2, 0.25) is 0 Å². The maximum absolute atomic E-state index is 12.4. The smallest absolute Gasteiger partial charge is 0.316 e. The highest BCUT2D eigenvalue weighted by atomic mass is 16.7. The Morgan fingerprint density at radius 2 is 1.95 bits per heavy atom. The molecule has 7 aliphatic rings. The number of carbonyl (C=O) groups excluding carboxylic acids is 2. The minimum absolute atomic E-state index is 0.325. The van der Waals surface area contributed by atoms with E-state index < -0.39 is 52.7 Å². The maximum Gasteiger partial charge on any atom is 0.316 e. The standard InChI is InChI=1S/C13H12O7/c1-18-10(15)11-3-2-4-6(8(11)19-9(2)14)13(17)7(11)5(3)12(4,16)20-13/h2-8,16-17H,1H3. The van der Waals surface area contributed by atoms with Gasteiger partial charge in [0.15, 0.2) is 11.6 Å². The molecular weight excluding hydrogens is 268 g/mol. The van der Waals surface area contributed by atoms with Crippen LogP contribution in [0.25, 0.3) is 0 Å². The largest absolute Gasteiger partial charge is 0.468 e. The zero-order valence-corrected chi connectivity index (χ0v) is 10.5. The molecule has 0 aromatic carbocycles. The van der Waals surface area contributed by atoms with Gasteiger partial charge in [-0.2, -0.15) is 0 Å². The molecule has 0 aromatic rings. The lowest BCUT2D eigenvalue weighted by molar-refractivity contribution is -0.259. The molecule has 10 atom stereocenters. The molecule has 20 heavy (non-hydrogen) atoms. The second-order valence-electron chi connectivity index (χ2n) is 6.99. The molecule has 7 rings (SSSR count). The van der Waals surface area contributed by atoms with E-state index >= 15 is 0 Å². The van der Waals surface area contributed by atoms with Gasteiger partial charge in [0.1, 0.15) is 11.5 Å². The van der Waals surface area contributed by atoms with Crippen LogP contribution in [-0.2, 0) is 23.8 Å². The Labute approximate surface area is 112 Å². The molecule has 0 amide bonds. The molecule has 0 spiro atoms. The summed E-state index contributed by atoms with van der Waals surface area (Å²) in [6.45, 7) is 0. The lowest BCUT2D eigenvalue weighted by Gasteiger charge is -2.58. The van der Waals surface area contributed by atoms with Crippen molar-refractivity contribution in [3.05, 3.63) is 0 Å². The van der Waals surface area contributed by atoms with Crippen molar-refractivity contribution in [2.45, 2.75) is 17.7 Å². The van der Waals surface area contributed by atoms with Crippen molar-refractivity contribution in [3.8, 4) is 0 Å². The molecule has 4 heterocycles. The first kappa shape index (κ1) is 10.5. The van der Waals surface area contributed by atoms with Crippen LogP contribution in [-0.4, -0.2) is 46.9 Å². The Bertz CT molecular complexity index is 628. The van der Waals surface area contributed by atoms with E-state index in [2.05, 4.69) is 0 Å². The second kappa shape index (κ2) is 2.30. The number of aliphatic hydroxyl groups is 2. The molecule has 4 saturated heterocycles. The van der Waals surface area contributed by atoms with Gasteiger partial charge in [0, 0.05) is 23.7 Å². The molecule has 4 bridgehead atoms. The number of methoxy groups -OCH3 is 1. The zero-order valence-electron chi connectivity index (χ0n) is 10.5. The minimum Gasteiger partial charge on any atom is -0.468 e. The molecule has 106 valence electrons. The number of ether oxygens (including phenoxy) is 3. The van der Waals surface area contributed by atoms with E-state index in [1.165, 1.54) is 7.11 Å². The Balaban J connectivity index is 1.70. The second-order valence-corrected chi connectivity index (χ2v) is 6.99. The van der Waals surface area contributed by atoms with Crippen LogP contribution < -0.4 is 0 Å². The van der Waals surface area contributed by atoms with Crippen molar-refractivity contribution in [3.63, 3.8) is 0 Å². The summed E-state index contributed by atoms with van der Waals surface area (Å²) in [5.41, 5.74) is -1.02. The number of carbonyl (C=O) groups is 2. The highest BCUT2D eigenvalue weighted by molar-refractivity contribution is 5.89. The molecular formula is C13H12O7. The van der Waals surface area contributed by atoms with Gasteiger partial charge in [-0.1, -0.05) is 0 Å². The van der Waals surface area contributed by atoms with E-state index in [0.29, 0.717) is 0 Å². The van der Waals surface area contributed by atoms with Gasteiger partial charge in [0.25, 0.3) is 0 Å². The Hall–Kier alpha value is -1.18. The topological polar surface area (TPSA) is 102 Å². The fraction of sp³-hybridized carbons (Fsp3) is 0.846. The van der Waals surface area contributed by atoms with E-state index in [-0.39, 0.29) is 17.8 Å². The first-order valence-electron chi connectivity index (χ1n) is 6.88. The van der Waals surface area contributed by atoms with Crippen molar-refractivity contribution in [1.82, 2.24) is 0 Å². The number of esters is 2. The summed E-state index contributed by atoms with van der Waals surface area (Å²) >= 11 is 0. The van der Waals surface area contributed by atoms with Gasteiger partial charge in [-0.05, 0) is 0 Å². The normalized spacial score (nSPS) is 72.3. The van der Waals surface area contributed by atoms with Crippen molar-refractivity contribution < 1.29 is 34.0 Å². The third kappa shape index (κ3) is 0.558. The van der Waals surface area contributed by atoms with Crippen molar-refractivity contribution in [2.24, 2.45) is 40.9 Å². The summed E-state index contributed by atoms with van der Waals surface area (Å²) in [4.78, 5) is 24.5. The SMILES string of the molecule is COC(=O)C12C3OC(=O)C4C5C3C3(O)OC5(O)C(C41)C32. The van der Waals surface area contributed by atoms with Crippen molar-refractivity contribution in [1.29, 1.82) is 0 Å². The average molecular weight is 280 g/mol. The highest BCUT2D eigenvalue weighted by Crippen LogP contribution is 2.91. The van der Waals surface area contributed by atoms with Gasteiger partial charge in [-0.15, -0.1) is 0 Å². The predicted octanol–water partition coefficient (Wildman–Crippen LogP) is -1.77. The summed E-state index contributed by atoms with van der Waals surface area (Å²) in [5, 5.41) is 21.6. The van der Waals surface area contributed by atoms with Crippen molar-refractivity contribution >= 4 is 11.9 Å². The Morgan fingerprint density at radius 1 is 1.20 bits per heavy atom. The molecule has 4 aliphatic heterocycles. The monoisotopic (exact) mass is 280 g/mol. The van der Waals surface area contributed by atoms with Crippen LogP contribution in [0.15, 0.2) is 0 Å². The lowest BCUT2D eigenvalue weighted by atomic mass is 9.45. The molecule has 2 N–H and O–H groups in total. The molecule has 3 saturated carbocycles. The Morgan fingerprint density at radius 3 is 2.65 bits per heavy atom. The molecule has 3 aliphatic carbocycles. The quantitative estimate of drug-likeness (QED) is 0.548. The molecule has 10 unspecified atom stereocenters. The van der Waals surface area contributed by atoms with E-state index in [4.69, 9.17) is 14.2 Å². The highest BCUT2D eigenvalue weighted by Gasteiger charge is 3.04. The van der Waals surface area contributed by atoms with Crippen LogP contribution in [0.1, 0.15) is 0 Å². The molecule has 7 nitrogen and oxygen atoms in total. The third-order valence-electron chi connectivity index (χ3n) is 7.03. The summed E-state index contributed by atoms with van der Waals surface area (Å²) in [6.07, 6.45) is -0.731. The number of rotatable bonds is 1. The molecule has 0 aromatic heterocycles. The van der Waals surface area contributed by atoms with Gasteiger partial charge >= 0.3 is 11.9 Å². The van der Waals surface area contributed by atoms with Gasteiger partial charge in [-0.3, -0.25) is 9.59 Å².